The summed E-state index contributed by atoms with van der Waals surface area (Å²) in [4.78, 5) is 13.9. The van der Waals surface area contributed by atoms with Gasteiger partial charge < -0.3 is 9.64 Å². The summed E-state index contributed by atoms with van der Waals surface area (Å²) < 4.78 is 19.6. The molecule has 1 aliphatic heterocycles. The molecule has 0 N–H and O–H groups in total. The van der Waals surface area contributed by atoms with Gasteiger partial charge in [-0.3, -0.25) is 4.79 Å². The van der Waals surface area contributed by atoms with Gasteiger partial charge in [0.1, 0.15) is 11.6 Å². The molecule has 0 radical (unpaired) electrons. The van der Waals surface area contributed by atoms with Crippen molar-refractivity contribution in [3.8, 4) is 5.75 Å². The summed E-state index contributed by atoms with van der Waals surface area (Å²) >= 11 is 0. The number of benzene rings is 2. The Balaban J connectivity index is 1.74. The Hall–Kier alpha value is -2.36. The zero-order chi connectivity index (χ0) is 15.5. The van der Waals surface area contributed by atoms with Crippen molar-refractivity contribution in [1.82, 2.24) is 0 Å². The Kier molecular flexibility index (Phi) is 4.09. The largest absolute Gasteiger partial charge is 0.484 e. The molecule has 0 bridgehead atoms. The summed E-state index contributed by atoms with van der Waals surface area (Å²) in [5, 5.41) is 0. The minimum Gasteiger partial charge on any atom is -0.484 e. The SMILES string of the molecule is Cc1cccc(OCC(=O)N2CCCc3cccc(F)c32)c1. The second-order valence-corrected chi connectivity index (χ2v) is 5.50. The number of anilines is 1. The maximum absolute atomic E-state index is 14.1. The van der Waals surface area contributed by atoms with Gasteiger partial charge >= 0.3 is 0 Å². The van der Waals surface area contributed by atoms with Crippen LogP contribution in [0.25, 0.3) is 0 Å². The summed E-state index contributed by atoms with van der Waals surface area (Å²) in [5.41, 5.74) is 2.36. The third-order valence-corrected chi connectivity index (χ3v) is 3.82. The maximum Gasteiger partial charge on any atom is 0.265 e. The summed E-state index contributed by atoms with van der Waals surface area (Å²) in [5.74, 6) is 0.0905. The number of halogens is 1. The molecule has 1 amide bonds. The second-order valence-electron chi connectivity index (χ2n) is 5.50. The predicted octanol–water partition coefficient (Wildman–Crippen LogP) is 3.49. The first-order chi connectivity index (χ1) is 10.6. The van der Waals surface area contributed by atoms with Crippen molar-refractivity contribution in [3.63, 3.8) is 0 Å². The normalized spacial score (nSPS) is 13.6. The quantitative estimate of drug-likeness (QED) is 0.868. The Labute approximate surface area is 129 Å². The van der Waals surface area contributed by atoms with Crippen LogP contribution in [0.4, 0.5) is 10.1 Å². The van der Waals surface area contributed by atoms with E-state index in [9.17, 15) is 9.18 Å². The number of nitrogens with zero attached hydrogens (tertiary/aromatic N) is 1. The van der Waals surface area contributed by atoms with Gasteiger partial charge in [0.05, 0.1) is 5.69 Å². The Bertz CT molecular complexity index is 699. The van der Waals surface area contributed by atoms with E-state index in [0.717, 1.165) is 24.0 Å². The minimum absolute atomic E-state index is 0.0861. The van der Waals surface area contributed by atoms with Gasteiger partial charge in [-0.15, -0.1) is 0 Å². The summed E-state index contributed by atoms with van der Waals surface area (Å²) in [6, 6.07) is 12.5. The molecule has 2 aromatic rings. The van der Waals surface area contributed by atoms with E-state index < -0.39 is 0 Å². The van der Waals surface area contributed by atoms with Gasteiger partial charge in [-0.25, -0.2) is 4.39 Å². The van der Waals surface area contributed by atoms with Crippen LogP contribution in [0.15, 0.2) is 42.5 Å². The van der Waals surface area contributed by atoms with Crippen molar-refractivity contribution in [3.05, 3.63) is 59.4 Å². The number of para-hydroxylation sites is 1. The lowest BCUT2D eigenvalue weighted by atomic mass is 10.0. The fourth-order valence-electron chi connectivity index (χ4n) is 2.78. The molecule has 0 aromatic heterocycles. The van der Waals surface area contributed by atoms with Gasteiger partial charge in [-0.05, 0) is 49.1 Å². The highest BCUT2D eigenvalue weighted by molar-refractivity contribution is 5.95. The molecule has 22 heavy (non-hydrogen) atoms. The van der Waals surface area contributed by atoms with Crippen molar-refractivity contribution in [2.45, 2.75) is 19.8 Å². The molecular weight excluding hydrogens is 281 g/mol. The van der Waals surface area contributed by atoms with Crippen molar-refractivity contribution in [1.29, 1.82) is 0 Å². The van der Waals surface area contributed by atoms with Crippen molar-refractivity contribution >= 4 is 11.6 Å². The molecule has 1 aliphatic rings. The number of carbonyl (C=O) groups excluding carboxylic acids is 1. The van der Waals surface area contributed by atoms with Gasteiger partial charge in [0, 0.05) is 6.54 Å². The fraction of sp³-hybridized carbons (Fsp3) is 0.278. The van der Waals surface area contributed by atoms with Crippen molar-refractivity contribution in [2.24, 2.45) is 0 Å². The topological polar surface area (TPSA) is 29.5 Å². The molecule has 1 heterocycles. The second kappa shape index (κ2) is 6.18. The van der Waals surface area contributed by atoms with E-state index in [4.69, 9.17) is 4.74 Å². The first-order valence-corrected chi connectivity index (χ1v) is 7.42. The van der Waals surface area contributed by atoms with Crippen molar-refractivity contribution < 1.29 is 13.9 Å². The van der Waals surface area contributed by atoms with Crippen LogP contribution in [0.5, 0.6) is 5.75 Å². The minimum atomic E-state index is -0.346. The third kappa shape index (κ3) is 2.96. The number of rotatable bonds is 3. The lowest BCUT2D eigenvalue weighted by molar-refractivity contribution is -0.120. The van der Waals surface area contributed by atoms with Gasteiger partial charge in [-0.1, -0.05) is 24.3 Å². The number of aryl methyl sites for hydroxylation is 2. The van der Waals surface area contributed by atoms with Gasteiger partial charge in [0.25, 0.3) is 5.91 Å². The monoisotopic (exact) mass is 299 g/mol. The predicted molar refractivity (Wildman–Crippen MR) is 83.7 cm³/mol. The van der Waals surface area contributed by atoms with E-state index in [1.807, 2.05) is 37.3 Å². The van der Waals surface area contributed by atoms with Gasteiger partial charge in [0.2, 0.25) is 0 Å². The summed E-state index contributed by atoms with van der Waals surface area (Å²) in [7, 11) is 0. The molecule has 2 aromatic carbocycles. The van der Waals surface area contributed by atoms with Crippen LogP contribution >= 0.6 is 0 Å². The molecule has 0 spiro atoms. The van der Waals surface area contributed by atoms with E-state index in [-0.39, 0.29) is 18.3 Å². The Morgan fingerprint density at radius 1 is 1.27 bits per heavy atom. The van der Waals surface area contributed by atoms with E-state index in [2.05, 4.69) is 0 Å². The molecule has 0 atom stereocenters. The van der Waals surface area contributed by atoms with Crippen LogP contribution in [0.2, 0.25) is 0 Å². The third-order valence-electron chi connectivity index (χ3n) is 3.82. The zero-order valence-corrected chi connectivity index (χ0v) is 12.5. The first kappa shape index (κ1) is 14.6. The lowest BCUT2D eigenvalue weighted by Gasteiger charge is -2.29. The molecule has 0 saturated carbocycles. The van der Waals surface area contributed by atoms with E-state index in [1.54, 1.807) is 6.07 Å². The van der Waals surface area contributed by atoms with Gasteiger partial charge in [-0.2, -0.15) is 0 Å². The van der Waals surface area contributed by atoms with E-state index >= 15 is 0 Å². The molecule has 3 rings (SSSR count). The molecular formula is C18H18FNO2. The molecule has 0 aliphatic carbocycles. The Morgan fingerprint density at radius 3 is 2.91 bits per heavy atom. The number of ether oxygens (including phenoxy) is 1. The molecule has 3 nitrogen and oxygen atoms in total. The van der Waals surface area contributed by atoms with E-state index in [1.165, 1.54) is 11.0 Å². The molecule has 0 saturated heterocycles. The first-order valence-electron chi connectivity index (χ1n) is 7.42. The van der Waals surface area contributed by atoms with Crippen LogP contribution in [-0.4, -0.2) is 19.1 Å². The number of hydrogen-bond donors (Lipinski definition) is 0. The summed E-state index contributed by atoms with van der Waals surface area (Å²) in [6.45, 7) is 2.41. The fourth-order valence-corrected chi connectivity index (χ4v) is 2.78. The van der Waals surface area contributed by atoms with Crippen molar-refractivity contribution in [2.75, 3.05) is 18.1 Å². The van der Waals surface area contributed by atoms with Crippen LogP contribution in [0, 0.1) is 12.7 Å². The summed E-state index contributed by atoms with van der Waals surface area (Å²) in [6.07, 6.45) is 1.64. The highest BCUT2D eigenvalue weighted by atomic mass is 19.1. The lowest BCUT2D eigenvalue weighted by Crippen LogP contribution is -2.39. The standard InChI is InChI=1S/C18H18FNO2/c1-13-5-2-8-15(11-13)22-12-17(21)20-10-4-7-14-6-3-9-16(19)18(14)20/h2-3,5-6,8-9,11H,4,7,10,12H2,1H3. The molecule has 4 heteroatoms. The highest BCUT2D eigenvalue weighted by Crippen LogP contribution is 2.30. The van der Waals surface area contributed by atoms with Crippen LogP contribution in [-0.2, 0) is 11.2 Å². The smallest absolute Gasteiger partial charge is 0.265 e. The Morgan fingerprint density at radius 2 is 2.09 bits per heavy atom. The van der Waals surface area contributed by atoms with E-state index in [0.29, 0.717) is 18.0 Å². The highest BCUT2D eigenvalue weighted by Gasteiger charge is 2.25. The maximum atomic E-state index is 14.1. The average Bonchev–Trinajstić information content (AvgIpc) is 2.52. The number of carbonyl (C=O) groups is 1. The molecule has 0 fully saturated rings. The van der Waals surface area contributed by atoms with Crippen LogP contribution < -0.4 is 9.64 Å². The van der Waals surface area contributed by atoms with Crippen LogP contribution in [0.3, 0.4) is 0 Å². The molecule has 0 unspecified atom stereocenters. The molecule has 114 valence electrons. The number of fused-ring (bicyclic) bond motifs is 1. The van der Waals surface area contributed by atoms with Crippen LogP contribution in [0.1, 0.15) is 17.5 Å². The number of amides is 1. The zero-order valence-electron chi connectivity index (χ0n) is 12.5. The number of hydrogen-bond acceptors (Lipinski definition) is 2. The average molecular weight is 299 g/mol. The van der Waals surface area contributed by atoms with Gasteiger partial charge in [0.15, 0.2) is 6.61 Å².